The molecule has 1 heterocycles. The molecule has 1 amide bonds. The Morgan fingerprint density at radius 3 is 2.58 bits per heavy atom. The predicted octanol–water partition coefficient (Wildman–Crippen LogP) is 2.74. The molecule has 0 saturated heterocycles. The molecule has 0 fully saturated rings. The van der Waals surface area contributed by atoms with Gasteiger partial charge in [-0.15, -0.1) is 0 Å². The van der Waals surface area contributed by atoms with Gasteiger partial charge in [0.1, 0.15) is 6.10 Å². The zero-order valence-electron chi connectivity index (χ0n) is 11.8. The highest BCUT2D eigenvalue weighted by Crippen LogP contribution is 2.39. The van der Waals surface area contributed by atoms with Crippen LogP contribution in [0.3, 0.4) is 0 Å². The summed E-state index contributed by atoms with van der Waals surface area (Å²) in [5.74, 6) is -0.278. The number of anilines is 1. The zero-order valence-corrected chi connectivity index (χ0v) is 11.8. The van der Waals surface area contributed by atoms with Crippen LogP contribution in [0.25, 0.3) is 0 Å². The fourth-order valence-electron chi connectivity index (χ4n) is 2.72. The zero-order chi connectivity index (χ0) is 14.2. The molecular weight excluding hydrogens is 242 g/mol. The van der Waals surface area contributed by atoms with Gasteiger partial charge in [-0.05, 0) is 19.9 Å². The first-order chi connectivity index (χ1) is 8.90. The summed E-state index contributed by atoms with van der Waals surface area (Å²) in [7, 11) is 0. The van der Waals surface area contributed by atoms with Gasteiger partial charge in [0.05, 0.1) is 5.69 Å². The first kappa shape index (κ1) is 13.6. The standard InChI is InChI=1S/C15H19NO3/c1-9-5-6-14-13(7-9)15(19-12(4)18)8-10(2)16(14)11(3)17/h5-7,10,15H,8H2,1-4H3/t10-,15-/m1/s1. The molecule has 2 rings (SSSR count). The second kappa shape index (κ2) is 5.03. The number of nitrogens with zero attached hydrogens (tertiary/aromatic N) is 1. The fourth-order valence-corrected chi connectivity index (χ4v) is 2.72. The van der Waals surface area contributed by atoms with Crippen molar-refractivity contribution in [1.82, 2.24) is 0 Å². The summed E-state index contributed by atoms with van der Waals surface area (Å²) in [4.78, 5) is 24.8. The van der Waals surface area contributed by atoms with Crippen LogP contribution < -0.4 is 4.90 Å². The van der Waals surface area contributed by atoms with E-state index in [1.165, 1.54) is 6.92 Å². The van der Waals surface area contributed by atoms with Gasteiger partial charge in [-0.1, -0.05) is 17.7 Å². The molecule has 4 heteroatoms. The second-order valence-corrected chi connectivity index (χ2v) is 5.13. The number of carbonyl (C=O) groups is 2. The van der Waals surface area contributed by atoms with E-state index in [9.17, 15) is 9.59 Å². The molecule has 0 spiro atoms. The maximum Gasteiger partial charge on any atom is 0.303 e. The van der Waals surface area contributed by atoms with E-state index in [2.05, 4.69) is 0 Å². The Balaban J connectivity index is 2.49. The average Bonchev–Trinajstić information content (AvgIpc) is 2.28. The van der Waals surface area contributed by atoms with E-state index in [0.29, 0.717) is 6.42 Å². The smallest absolute Gasteiger partial charge is 0.303 e. The van der Waals surface area contributed by atoms with E-state index in [-0.39, 0.29) is 24.0 Å². The van der Waals surface area contributed by atoms with Crippen LogP contribution in [-0.4, -0.2) is 17.9 Å². The summed E-state index contributed by atoms with van der Waals surface area (Å²) in [6.45, 7) is 6.94. The van der Waals surface area contributed by atoms with Crippen LogP contribution in [0.5, 0.6) is 0 Å². The van der Waals surface area contributed by atoms with Crippen LogP contribution >= 0.6 is 0 Å². The number of rotatable bonds is 1. The molecule has 0 saturated carbocycles. The minimum Gasteiger partial charge on any atom is -0.458 e. The molecule has 0 N–H and O–H groups in total. The van der Waals surface area contributed by atoms with Gasteiger partial charge in [-0.2, -0.15) is 0 Å². The summed E-state index contributed by atoms with van der Waals surface area (Å²) in [5.41, 5.74) is 2.86. The number of hydrogen-bond acceptors (Lipinski definition) is 3. The van der Waals surface area contributed by atoms with Gasteiger partial charge in [0.2, 0.25) is 5.91 Å². The van der Waals surface area contributed by atoms with Crippen LogP contribution in [0, 0.1) is 6.92 Å². The van der Waals surface area contributed by atoms with Crippen LogP contribution in [0.15, 0.2) is 18.2 Å². The highest BCUT2D eigenvalue weighted by molar-refractivity contribution is 5.93. The van der Waals surface area contributed by atoms with E-state index in [1.807, 2.05) is 32.0 Å². The molecule has 0 bridgehead atoms. The minimum atomic E-state index is -0.291. The van der Waals surface area contributed by atoms with E-state index >= 15 is 0 Å². The van der Waals surface area contributed by atoms with Crippen molar-refractivity contribution in [2.75, 3.05) is 4.90 Å². The van der Waals surface area contributed by atoms with Gasteiger partial charge in [0.25, 0.3) is 0 Å². The van der Waals surface area contributed by atoms with Gasteiger partial charge in [0, 0.05) is 31.9 Å². The quantitative estimate of drug-likeness (QED) is 0.730. The number of hydrogen-bond donors (Lipinski definition) is 0. The maximum absolute atomic E-state index is 11.8. The van der Waals surface area contributed by atoms with Crippen molar-refractivity contribution in [3.05, 3.63) is 29.3 Å². The van der Waals surface area contributed by atoms with Gasteiger partial charge in [0.15, 0.2) is 0 Å². The summed E-state index contributed by atoms with van der Waals surface area (Å²) in [6.07, 6.45) is 0.369. The molecule has 1 aromatic carbocycles. The lowest BCUT2D eigenvalue weighted by Crippen LogP contribution is -2.42. The van der Waals surface area contributed by atoms with E-state index in [1.54, 1.807) is 11.8 Å². The Hall–Kier alpha value is -1.84. The monoisotopic (exact) mass is 261 g/mol. The molecule has 0 aliphatic carbocycles. The first-order valence-electron chi connectivity index (χ1n) is 6.47. The lowest BCUT2D eigenvalue weighted by molar-refractivity contribution is -0.147. The molecule has 0 aromatic heterocycles. The van der Waals surface area contributed by atoms with E-state index in [4.69, 9.17) is 4.74 Å². The molecule has 0 radical (unpaired) electrons. The van der Waals surface area contributed by atoms with Gasteiger partial charge in [-0.3, -0.25) is 9.59 Å². The number of esters is 1. The summed E-state index contributed by atoms with van der Waals surface area (Å²) in [6, 6.07) is 5.91. The van der Waals surface area contributed by atoms with Crippen LogP contribution in [0.4, 0.5) is 5.69 Å². The third kappa shape index (κ3) is 2.62. The Morgan fingerprint density at radius 1 is 1.32 bits per heavy atom. The lowest BCUT2D eigenvalue weighted by Gasteiger charge is -2.38. The largest absolute Gasteiger partial charge is 0.458 e. The molecular formula is C15H19NO3. The summed E-state index contributed by atoms with van der Waals surface area (Å²) in [5, 5.41) is 0. The normalized spacial score (nSPS) is 21.8. The van der Waals surface area contributed by atoms with E-state index < -0.39 is 0 Å². The highest BCUT2D eigenvalue weighted by Gasteiger charge is 2.33. The number of carbonyl (C=O) groups excluding carboxylic acids is 2. The summed E-state index contributed by atoms with van der Waals surface area (Å²) >= 11 is 0. The van der Waals surface area contributed by atoms with Crippen molar-refractivity contribution in [3.8, 4) is 0 Å². The topological polar surface area (TPSA) is 46.6 Å². The number of benzene rings is 1. The third-order valence-corrected chi connectivity index (χ3v) is 3.43. The molecule has 19 heavy (non-hydrogen) atoms. The number of ether oxygens (including phenoxy) is 1. The number of fused-ring (bicyclic) bond motifs is 1. The van der Waals surface area contributed by atoms with Crippen molar-refractivity contribution in [3.63, 3.8) is 0 Å². The Labute approximate surface area is 113 Å². The van der Waals surface area contributed by atoms with E-state index in [0.717, 1.165) is 16.8 Å². The first-order valence-corrected chi connectivity index (χ1v) is 6.47. The SMILES string of the molecule is CC(=O)O[C@@H]1C[C@@H](C)N(C(C)=O)c2ccc(C)cc21. The Kier molecular flexibility index (Phi) is 3.60. The lowest BCUT2D eigenvalue weighted by atomic mass is 9.92. The van der Waals surface area contributed by atoms with Gasteiger partial charge >= 0.3 is 5.97 Å². The molecule has 1 aromatic rings. The molecule has 2 atom stereocenters. The molecule has 0 unspecified atom stereocenters. The molecule has 4 nitrogen and oxygen atoms in total. The molecule has 1 aliphatic heterocycles. The van der Waals surface area contributed by atoms with Crippen LogP contribution in [0.2, 0.25) is 0 Å². The second-order valence-electron chi connectivity index (χ2n) is 5.13. The number of amides is 1. The number of aryl methyl sites for hydroxylation is 1. The van der Waals surface area contributed by atoms with Crippen molar-refractivity contribution in [2.24, 2.45) is 0 Å². The molecule has 102 valence electrons. The fraction of sp³-hybridized carbons (Fsp3) is 0.467. The third-order valence-electron chi connectivity index (χ3n) is 3.43. The highest BCUT2D eigenvalue weighted by atomic mass is 16.5. The van der Waals surface area contributed by atoms with Crippen LogP contribution in [-0.2, 0) is 14.3 Å². The maximum atomic E-state index is 11.8. The predicted molar refractivity (Wildman–Crippen MR) is 72.9 cm³/mol. The molecule has 1 aliphatic rings. The Bertz CT molecular complexity index is 524. The van der Waals surface area contributed by atoms with Gasteiger partial charge < -0.3 is 9.64 Å². The average molecular weight is 261 g/mol. The minimum absolute atomic E-state index is 0.0129. The van der Waals surface area contributed by atoms with Gasteiger partial charge in [-0.25, -0.2) is 0 Å². The van der Waals surface area contributed by atoms with Crippen molar-refractivity contribution in [2.45, 2.75) is 46.3 Å². The van der Waals surface area contributed by atoms with Crippen molar-refractivity contribution < 1.29 is 14.3 Å². The van der Waals surface area contributed by atoms with Crippen LogP contribution in [0.1, 0.15) is 44.4 Å². The van der Waals surface area contributed by atoms with Crippen molar-refractivity contribution >= 4 is 17.6 Å². The summed E-state index contributed by atoms with van der Waals surface area (Å²) < 4.78 is 5.39. The Morgan fingerprint density at radius 2 is 2.00 bits per heavy atom. The van der Waals surface area contributed by atoms with Crippen molar-refractivity contribution in [1.29, 1.82) is 0 Å².